The molecule has 1 heterocycles. The van der Waals surface area contributed by atoms with E-state index >= 15 is 0 Å². The van der Waals surface area contributed by atoms with Gasteiger partial charge in [0, 0.05) is 44.3 Å². The minimum absolute atomic E-state index is 0.112. The van der Waals surface area contributed by atoms with Crippen LogP contribution in [-0.4, -0.2) is 67.2 Å². The van der Waals surface area contributed by atoms with Crippen LogP contribution in [0.5, 0.6) is 0 Å². The molecule has 5 nitrogen and oxygen atoms in total. The van der Waals surface area contributed by atoms with Gasteiger partial charge in [0.1, 0.15) is 0 Å². The minimum Gasteiger partial charge on any atom is -0.313 e. The number of hydrogen-bond donors (Lipinski definition) is 1. The molecule has 1 aliphatic heterocycles. The molecule has 0 aliphatic carbocycles. The quantitative estimate of drug-likeness (QED) is 0.827. The van der Waals surface area contributed by atoms with Gasteiger partial charge in [0.05, 0.1) is 5.25 Å². The van der Waals surface area contributed by atoms with Crippen LogP contribution in [0.2, 0.25) is 0 Å². The summed E-state index contributed by atoms with van der Waals surface area (Å²) in [6.07, 6.45) is 0. The van der Waals surface area contributed by atoms with Crippen LogP contribution >= 0.6 is 0 Å². The highest BCUT2D eigenvalue weighted by Crippen LogP contribution is 2.19. The maximum atomic E-state index is 12.5. The number of hydrogen-bond acceptors (Lipinski definition) is 4. The van der Waals surface area contributed by atoms with Gasteiger partial charge in [0.15, 0.2) is 0 Å². The van der Waals surface area contributed by atoms with Gasteiger partial charge in [-0.2, -0.15) is 4.31 Å². The molecular weight excluding hydrogens is 274 g/mol. The fourth-order valence-corrected chi connectivity index (χ4v) is 3.86. The number of rotatable bonds is 5. The van der Waals surface area contributed by atoms with E-state index in [0.717, 1.165) is 13.1 Å². The smallest absolute Gasteiger partial charge is 0.218 e. The fraction of sp³-hybridized carbons (Fsp3) is 1.00. The molecule has 1 N–H and O–H groups in total. The number of sulfonamides is 1. The zero-order chi connectivity index (χ0) is 15.6. The average Bonchev–Trinajstić information content (AvgIpc) is 2.34. The van der Waals surface area contributed by atoms with Crippen LogP contribution in [0.1, 0.15) is 41.5 Å². The molecule has 0 bridgehead atoms. The first-order valence-corrected chi connectivity index (χ1v) is 9.03. The van der Waals surface area contributed by atoms with Crippen LogP contribution < -0.4 is 5.32 Å². The Kier molecular flexibility index (Phi) is 6.01. The van der Waals surface area contributed by atoms with E-state index in [1.54, 1.807) is 11.2 Å². The highest BCUT2D eigenvalue weighted by Gasteiger charge is 2.34. The van der Waals surface area contributed by atoms with Crippen LogP contribution in [0.3, 0.4) is 0 Å². The van der Waals surface area contributed by atoms with Crippen LogP contribution in [0, 0.1) is 0 Å². The van der Waals surface area contributed by atoms with Gasteiger partial charge in [0.2, 0.25) is 10.0 Å². The molecule has 1 aliphatic rings. The van der Waals surface area contributed by atoms with E-state index in [2.05, 4.69) is 31.0 Å². The lowest BCUT2D eigenvalue weighted by atomic mass is 10.1. The van der Waals surface area contributed by atoms with Gasteiger partial charge < -0.3 is 5.32 Å². The van der Waals surface area contributed by atoms with Gasteiger partial charge in [-0.15, -0.1) is 0 Å². The molecule has 1 saturated heterocycles. The van der Waals surface area contributed by atoms with E-state index in [0.29, 0.717) is 25.7 Å². The first kappa shape index (κ1) is 17.9. The van der Waals surface area contributed by atoms with Crippen molar-refractivity contribution in [1.29, 1.82) is 0 Å². The summed E-state index contributed by atoms with van der Waals surface area (Å²) in [5.41, 5.74) is 0.112. The molecule has 0 aromatic heterocycles. The van der Waals surface area contributed by atoms with Crippen molar-refractivity contribution in [3.8, 4) is 0 Å². The van der Waals surface area contributed by atoms with Crippen molar-refractivity contribution in [2.45, 2.75) is 58.4 Å². The van der Waals surface area contributed by atoms with Gasteiger partial charge in [-0.25, -0.2) is 8.42 Å². The Morgan fingerprint density at radius 2 is 1.55 bits per heavy atom. The lowest BCUT2D eigenvalue weighted by molar-refractivity contribution is 0.0918. The zero-order valence-electron chi connectivity index (χ0n) is 13.8. The van der Waals surface area contributed by atoms with Crippen molar-refractivity contribution in [2.24, 2.45) is 0 Å². The largest absolute Gasteiger partial charge is 0.313 e. The Morgan fingerprint density at radius 3 is 1.95 bits per heavy atom. The molecule has 20 heavy (non-hydrogen) atoms. The van der Waals surface area contributed by atoms with Crippen molar-refractivity contribution in [3.05, 3.63) is 0 Å². The first-order chi connectivity index (χ1) is 9.05. The van der Waals surface area contributed by atoms with E-state index in [4.69, 9.17) is 0 Å². The molecule has 0 saturated carbocycles. The SMILES string of the molecule is CC(C)NCC(C)S(=O)(=O)N1CCN(C(C)(C)C)CC1. The van der Waals surface area contributed by atoms with Crippen LogP contribution in [0.15, 0.2) is 0 Å². The normalized spacial score (nSPS) is 21.4. The molecule has 0 amide bonds. The third-order valence-corrected chi connectivity index (χ3v) is 6.14. The Balaban J connectivity index is 2.58. The predicted molar refractivity (Wildman–Crippen MR) is 84.4 cm³/mol. The maximum absolute atomic E-state index is 12.5. The fourth-order valence-electron chi connectivity index (χ4n) is 2.37. The van der Waals surface area contributed by atoms with Crippen LogP contribution in [-0.2, 0) is 10.0 Å². The molecular formula is C14H31N3O2S. The molecule has 1 atom stereocenters. The van der Waals surface area contributed by atoms with Gasteiger partial charge in [-0.05, 0) is 27.7 Å². The Hall–Kier alpha value is -0.170. The van der Waals surface area contributed by atoms with Gasteiger partial charge in [0.25, 0.3) is 0 Å². The Morgan fingerprint density at radius 1 is 1.05 bits per heavy atom. The van der Waals surface area contributed by atoms with Gasteiger partial charge >= 0.3 is 0 Å². The third-order valence-electron chi connectivity index (χ3n) is 3.87. The lowest BCUT2D eigenvalue weighted by Gasteiger charge is -2.42. The molecule has 0 spiro atoms. The Labute approximate surface area is 124 Å². The van der Waals surface area contributed by atoms with Crippen molar-refractivity contribution >= 4 is 10.0 Å². The van der Waals surface area contributed by atoms with Crippen molar-refractivity contribution in [1.82, 2.24) is 14.5 Å². The molecule has 0 aromatic carbocycles. The van der Waals surface area contributed by atoms with E-state index in [-0.39, 0.29) is 10.8 Å². The van der Waals surface area contributed by atoms with E-state index in [1.807, 2.05) is 13.8 Å². The van der Waals surface area contributed by atoms with Gasteiger partial charge in [-0.3, -0.25) is 4.90 Å². The summed E-state index contributed by atoms with van der Waals surface area (Å²) < 4.78 is 26.7. The molecule has 0 aromatic rings. The number of nitrogens with one attached hydrogen (secondary N) is 1. The molecule has 0 radical (unpaired) electrons. The highest BCUT2D eigenvalue weighted by molar-refractivity contribution is 7.89. The summed E-state index contributed by atoms with van der Waals surface area (Å²) in [6, 6.07) is 0.311. The maximum Gasteiger partial charge on any atom is 0.218 e. The number of piperazine rings is 1. The molecule has 1 fully saturated rings. The average molecular weight is 305 g/mol. The predicted octanol–water partition coefficient (Wildman–Crippen LogP) is 1.12. The van der Waals surface area contributed by atoms with E-state index in [9.17, 15) is 8.42 Å². The monoisotopic (exact) mass is 305 g/mol. The van der Waals surface area contributed by atoms with Crippen molar-refractivity contribution < 1.29 is 8.42 Å². The zero-order valence-corrected chi connectivity index (χ0v) is 14.6. The lowest BCUT2D eigenvalue weighted by Crippen LogP contribution is -2.56. The second-order valence-electron chi connectivity index (χ2n) is 6.98. The standard InChI is InChI=1S/C14H31N3O2S/c1-12(2)15-11-13(3)20(18,19)17-9-7-16(8-10-17)14(4,5)6/h12-13,15H,7-11H2,1-6H3. The van der Waals surface area contributed by atoms with Gasteiger partial charge in [-0.1, -0.05) is 13.8 Å². The topological polar surface area (TPSA) is 52.7 Å². The highest BCUT2D eigenvalue weighted by atomic mass is 32.2. The van der Waals surface area contributed by atoms with E-state index < -0.39 is 10.0 Å². The van der Waals surface area contributed by atoms with Crippen LogP contribution in [0.4, 0.5) is 0 Å². The Bertz CT molecular complexity index is 393. The molecule has 6 heteroatoms. The number of nitrogens with zero attached hydrogens (tertiary/aromatic N) is 2. The molecule has 1 unspecified atom stereocenters. The summed E-state index contributed by atoms with van der Waals surface area (Å²) in [4.78, 5) is 2.34. The summed E-state index contributed by atoms with van der Waals surface area (Å²) in [5.74, 6) is 0. The van der Waals surface area contributed by atoms with Crippen LogP contribution in [0.25, 0.3) is 0 Å². The first-order valence-electron chi connectivity index (χ1n) is 7.52. The minimum atomic E-state index is -3.18. The second kappa shape index (κ2) is 6.73. The summed E-state index contributed by atoms with van der Waals surface area (Å²) in [5, 5.41) is 2.84. The second-order valence-corrected chi connectivity index (χ2v) is 9.33. The molecule has 1 rings (SSSR count). The summed E-state index contributed by atoms with van der Waals surface area (Å²) in [7, 11) is -3.18. The van der Waals surface area contributed by atoms with E-state index in [1.165, 1.54) is 0 Å². The van der Waals surface area contributed by atoms with Crippen molar-refractivity contribution in [3.63, 3.8) is 0 Å². The summed E-state index contributed by atoms with van der Waals surface area (Å²) in [6.45, 7) is 15.7. The van der Waals surface area contributed by atoms with Crippen molar-refractivity contribution in [2.75, 3.05) is 32.7 Å². The molecule has 120 valence electrons. The summed E-state index contributed by atoms with van der Waals surface area (Å²) >= 11 is 0. The third kappa shape index (κ3) is 4.69.